The van der Waals surface area contributed by atoms with Gasteiger partial charge in [-0.3, -0.25) is 9.48 Å². The summed E-state index contributed by atoms with van der Waals surface area (Å²) >= 11 is 5.62. The molecule has 0 atom stereocenters. The van der Waals surface area contributed by atoms with E-state index in [2.05, 4.69) is 11.7 Å². The van der Waals surface area contributed by atoms with E-state index in [0.717, 1.165) is 5.56 Å². The summed E-state index contributed by atoms with van der Waals surface area (Å²) in [5, 5.41) is 4.46. The molecule has 2 aromatic rings. The number of hydrogen-bond acceptors (Lipinski definition) is 3. The highest BCUT2D eigenvalue weighted by atomic mass is 35.5. The Balaban J connectivity index is 1.99. The van der Waals surface area contributed by atoms with E-state index >= 15 is 0 Å². The maximum atomic E-state index is 12.0. The van der Waals surface area contributed by atoms with E-state index in [9.17, 15) is 4.79 Å². The number of rotatable bonds is 6. The third kappa shape index (κ3) is 4.61. The number of ketones is 1. The van der Waals surface area contributed by atoms with Crippen LogP contribution in [0, 0.1) is 0 Å². The number of halogens is 1. The van der Waals surface area contributed by atoms with Gasteiger partial charge in [-0.15, -0.1) is 0 Å². The van der Waals surface area contributed by atoms with Crippen molar-refractivity contribution in [3.63, 3.8) is 0 Å². The largest absolute Gasteiger partial charge is 0.488 e. The molecule has 0 unspecified atom stereocenters. The molecule has 0 amide bonds. The zero-order valence-electron chi connectivity index (χ0n) is 11.6. The quantitative estimate of drug-likeness (QED) is 0.606. The molecule has 4 nitrogen and oxygen atoms in total. The SMILES string of the molecule is C=C(Cl)COc1ccc(C(=O)/C=C/c2cnn(C)c2)cc1. The number of benzene rings is 1. The first-order valence-electron chi connectivity index (χ1n) is 6.32. The summed E-state index contributed by atoms with van der Waals surface area (Å²) in [6, 6.07) is 6.88. The number of hydrogen-bond donors (Lipinski definition) is 0. The van der Waals surface area contributed by atoms with Gasteiger partial charge in [-0.25, -0.2) is 0 Å². The monoisotopic (exact) mass is 302 g/mol. The van der Waals surface area contributed by atoms with Crippen LogP contribution in [0.2, 0.25) is 0 Å². The van der Waals surface area contributed by atoms with Gasteiger partial charge in [0, 0.05) is 29.4 Å². The lowest BCUT2D eigenvalue weighted by Crippen LogP contribution is -1.98. The first kappa shape index (κ1) is 15.1. The number of allylic oxidation sites excluding steroid dienone is 1. The van der Waals surface area contributed by atoms with Crippen LogP contribution in [0.5, 0.6) is 5.75 Å². The van der Waals surface area contributed by atoms with Gasteiger partial charge in [0.1, 0.15) is 12.4 Å². The molecule has 1 aromatic carbocycles. The molecular weight excluding hydrogens is 288 g/mol. The molecular formula is C16H15ClN2O2. The molecule has 1 aromatic heterocycles. The van der Waals surface area contributed by atoms with E-state index in [-0.39, 0.29) is 12.4 Å². The smallest absolute Gasteiger partial charge is 0.185 e. The predicted molar refractivity (Wildman–Crippen MR) is 83.5 cm³/mol. The molecule has 108 valence electrons. The molecule has 0 radical (unpaired) electrons. The van der Waals surface area contributed by atoms with Crippen LogP contribution < -0.4 is 4.74 Å². The number of carbonyl (C=O) groups is 1. The van der Waals surface area contributed by atoms with Gasteiger partial charge >= 0.3 is 0 Å². The fraction of sp³-hybridized carbons (Fsp3) is 0.125. The minimum Gasteiger partial charge on any atom is -0.488 e. The van der Waals surface area contributed by atoms with E-state index in [0.29, 0.717) is 16.3 Å². The van der Waals surface area contributed by atoms with Crippen molar-refractivity contribution >= 4 is 23.5 Å². The van der Waals surface area contributed by atoms with Crippen LogP contribution in [0.3, 0.4) is 0 Å². The lowest BCUT2D eigenvalue weighted by atomic mass is 10.1. The zero-order valence-corrected chi connectivity index (χ0v) is 12.4. The van der Waals surface area contributed by atoms with Crippen LogP contribution in [0.15, 0.2) is 54.3 Å². The zero-order chi connectivity index (χ0) is 15.2. The Morgan fingerprint density at radius 3 is 2.71 bits per heavy atom. The highest BCUT2D eigenvalue weighted by Gasteiger charge is 2.03. The van der Waals surface area contributed by atoms with E-state index in [4.69, 9.17) is 16.3 Å². The predicted octanol–water partition coefficient (Wildman–Crippen LogP) is 3.45. The molecule has 0 aliphatic rings. The summed E-state index contributed by atoms with van der Waals surface area (Å²) < 4.78 is 7.04. The fourth-order valence-electron chi connectivity index (χ4n) is 1.67. The molecule has 2 rings (SSSR count). The second-order valence-corrected chi connectivity index (χ2v) is 5.01. The molecule has 0 aliphatic carbocycles. The second-order valence-electron chi connectivity index (χ2n) is 4.48. The number of aryl methyl sites for hydroxylation is 1. The third-order valence-corrected chi connectivity index (χ3v) is 2.80. The van der Waals surface area contributed by atoms with Gasteiger partial charge in [-0.1, -0.05) is 18.2 Å². The van der Waals surface area contributed by atoms with Crippen LogP contribution in [0.1, 0.15) is 15.9 Å². The van der Waals surface area contributed by atoms with Gasteiger partial charge in [0.2, 0.25) is 0 Å². The van der Waals surface area contributed by atoms with Crippen LogP contribution in [-0.4, -0.2) is 22.2 Å². The Morgan fingerprint density at radius 1 is 1.43 bits per heavy atom. The van der Waals surface area contributed by atoms with Crippen LogP contribution >= 0.6 is 11.6 Å². The van der Waals surface area contributed by atoms with Crippen molar-refractivity contribution in [3.05, 3.63) is 65.5 Å². The van der Waals surface area contributed by atoms with Gasteiger partial charge in [0.05, 0.1) is 6.20 Å². The van der Waals surface area contributed by atoms with Crippen molar-refractivity contribution in [2.45, 2.75) is 0 Å². The topological polar surface area (TPSA) is 44.1 Å². The van der Waals surface area contributed by atoms with Crippen LogP contribution in [-0.2, 0) is 7.05 Å². The van der Waals surface area contributed by atoms with E-state index in [1.807, 2.05) is 13.2 Å². The Bertz CT molecular complexity index is 672. The van der Waals surface area contributed by atoms with Crippen molar-refractivity contribution in [1.82, 2.24) is 9.78 Å². The molecule has 0 fully saturated rings. The molecule has 1 heterocycles. The van der Waals surface area contributed by atoms with Crippen molar-refractivity contribution in [2.24, 2.45) is 7.05 Å². The van der Waals surface area contributed by atoms with Crippen molar-refractivity contribution in [1.29, 1.82) is 0 Å². The Morgan fingerprint density at radius 2 is 2.14 bits per heavy atom. The van der Waals surface area contributed by atoms with Crippen LogP contribution in [0.25, 0.3) is 6.08 Å². The summed E-state index contributed by atoms with van der Waals surface area (Å²) in [6.07, 6.45) is 6.78. The van der Waals surface area contributed by atoms with Crippen molar-refractivity contribution in [3.8, 4) is 5.75 Å². The van der Waals surface area contributed by atoms with E-state index < -0.39 is 0 Å². The lowest BCUT2D eigenvalue weighted by molar-refractivity contribution is 0.104. The Kier molecular flexibility index (Phi) is 4.95. The van der Waals surface area contributed by atoms with E-state index in [1.165, 1.54) is 6.08 Å². The first-order valence-corrected chi connectivity index (χ1v) is 6.69. The van der Waals surface area contributed by atoms with Gasteiger partial charge < -0.3 is 4.74 Å². The fourth-order valence-corrected chi connectivity index (χ4v) is 1.73. The normalized spacial score (nSPS) is 10.8. The van der Waals surface area contributed by atoms with Crippen LogP contribution in [0.4, 0.5) is 0 Å². The Labute approximate surface area is 128 Å². The molecule has 5 heteroatoms. The maximum Gasteiger partial charge on any atom is 0.185 e. The number of carbonyl (C=O) groups excluding carboxylic acids is 1. The van der Waals surface area contributed by atoms with Gasteiger partial charge in [0.15, 0.2) is 5.78 Å². The average molecular weight is 303 g/mol. The number of ether oxygens (including phenoxy) is 1. The molecule has 0 spiro atoms. The van der Waals surface area contributed by atoms with Crippen molar-refractivity contribution < 1.29 is 9.53 Å². The van der Waals surface area contributed by atoms with Crippen molar-refractivity contribution in [2.75, 3.05) is 6.61 Å². The molecule has 0 N–H and O–H groups in total. The summed E-state index contributed by atoms with van der Waals surface area (Å²) in [5.74, 6) is 0.566. The van der Waals surface area contributed by atoms with Gasteiger partial charge in [-0.2, -0.15) is 5.10 Å². The number of nitrogens with zero attached hydrogens (tertiary/aromatic N) is 2. The Hall–Kier alpha value is -2.33. The molecule has 0 saturated heterocycles. The first-order chi connectivity index (χ1) is 10.0. The summed E-state index contributed by atoms with van der Waals surface area (Å²) in [4.78, 5) is 12.0. The third-order valence-electron chi connectivity index (χ3n) is 2.69. The minimum absolute atomic E-state index is 0.0767. The van der Waals surface area contributed by atoms with Gasteiger partial charge in [-0.05, 0) is 36.4 Å². The highest BCUT2D eigenvalue weighted by Crippen LogP contribution is 2.14. The minimum atomic E-state index is -0.0767. The molecule has 0 saturated carbocycles. The summed E-state index contributed by atoms with van der Waals surface area (Å²) in [5.41, 5.74) is 1.47. The molecule has 21 heavy (non-hydrogen) atoms. The maximum absolute atomic E-state index is 12.0. The summed E-state index contributed by atoms with van der Waals surface area (Å²) in [7, 11) is 1.83. The second kappa shape index (κ2) is 6.90. The molecule has 0 aliphatic heterocycles. The van der Waals surface area contributed by atoms with E-state index in [1.54, 1.807) is 41.2 Å². The average Bonchev–Trinajstić information content (AvgIpc) is 2.89. The highest BCUT2D eigenvalue weighted by molar-refractivity contribution is 6.29. The van der Waals surface area contributed by atoms with Gasteiger partial charge in [0.25, 0.3) is 0 Å². The molecule has 0 bridgehead atoms. The lowest BCUT2D eigenvalue weighted by Gasteiger charge is -2.04. The number of aromatic nitrogens is 2. The standard InChI is InChI=1S/C16H15ClN2O2/c1-12(17)11-21-15-6-4-14(5-7-15)16(20)8-3-13-9-18-19(2)10-13/h3-10H,1,11H2,2H3/b8-3+. The summed E-state index contributed by atoms with van der Waals surface area (Å²) in [6.45, 7) is 3.79.